The van der Waals surface area contributed by atoms with Crippen molar-refractivity contribution in [1.29, 1.82) is 0 Å². The molecule has 6 heteroatoms. The molecule has 102 valence electrons. The second-order valence-corrected chi connectivity index (χ2v) is 4.38. The number of rotatable bonds is 6. The highest BCUT2D eigenvalue weighted by Gasteiger charge is 2.08. The van der Waals surface area contributed by atoms with Gasteiger partial charge in [-0.25, -0.2) is 4.98 Å². The van der Waals surface area contributed by atoms with Crippen LogP contribution in [0.4, 0.5) is 0 Å². The molecule has 2 heterocycles. The number of hydrogen-bond acceptors (Lipinski definition) is 6. The van der Waals surface area contributed by atoms with Crippen molar-refractivity contribution in [3.8, 4) is 5.88 Å². The number of nitrogens with zero attached hydrogens (tertiary/aromatic N) is 3. The highest BCUT2D eigenvalue weighted by Crippen LogP contribution is 2.11. The van der Waals surface area contributed by atoms with Crippen LogP contribution >= 0.6 is 0 Å². The monoisotopic (exact) mass is 263 g/mol. The summed E-state index contributed by atoms with van der Waals surface area (Å²) in [7, 11) is 1.58. The topological polar surface area (TPSA) is 81.3 Å². The van der Waals surface area contributed by atoms with E-state index in [1.165, 1.54) is 0 Å². The maximum atomic E-state index is 9.20. The number of aromatic nitrogens is 3. The summed E-state index contributed by atoms with van der Waals surface area (Å²) in [5.74, 6) is 1.75. The predicted octanol–water partition coefficient (Wildman–Crippen LogP) is 1.38. The third kappa shape index (κ3) is 4.03. The zero-order valence-electron chi connectivity index (χ0n) is 11.0. The first-order chi connectivity index (χ1) is 9.17. The van der Waals surface area contributed by atoms with Crippen molar-refractivity contribution < 1.29 is 14.4 Å². The smallest absolute Gasteiger partial charge is 0.226 e. The van der Waals surface area contributed by atoms with Crippen LogP contribution in [-0.4, -0.2) is 33.4 Å². The van der Waals surface area contributed by atoms with Crippen LogP contribution in [0.3, 0.4) is 0 Å². The Morgan fingerprint density at radius 2 is 2.26 bits per heavy atom. The molecule has 1 N–H and O–H groups in total. The fourth-order valence-electron chi connectivity index (χ4n) is 1.61. The number of methoxy groups -OCH3 is 1. The summed E-state index contributed by atoms with van der Waals surface area (Å²) in [5, 5.41) is 13.1. The maximum absolute atomic E-state index is 9.20. The fraction of sp³-hybridized carbons (Fsp3) is 0.462. The van der Waals surface area contributed by atoms with E-state index in [2.05, 4.69) is 15.1 Å². The van der Waals surface area contributed by atoms with Crippen molar-refractivity contribution >= 4 is 0 Å². The Labute approximate surface area is 111 Å². The van der Waals surface area contributed by atoms with Gasteiger partial charge in [0.25, 0.3) is 0 Å². The molecule has 2 aromatic rings. The van der Waals surface area contributed by atoms with Crippen molar-refractivity contribution in [3.63, 3.8) is 0 Å². The molecule has 0 bridgehead atoms. The van der Waals surface area contributed by atoms with Gasteiger partial charge in [-0.1, -0.05) is 11.2 Å². The molecule has 2 aromatic heterocycles. The fourth-order valence-corrected chi connectivity index (χ4v) is 1.61. The quantitative estimate of drug-likeness (QED) is 0.848. The van der Waals surface area contributed by atoms with Crippen LogP contribution in [0.2, 0.25) is 0 Å². The van der Waals surface area contributed by atoms with E-state index in [-0.39, 0.29) is 6.10 Å². The van der Waals surface area contributed by atoms with Gasteiger partial charge in [-0.3, -0.25) is 0 Å². The molecule has 0 amide bonds. The number of pyridine rings is 1. The van der Waals surface area contributed by atoms with E-state index in [0.29, 0.717) is 36.9 Å². The second-order valence-electron chi connectivity index (χ2n) is 4.38. The zero-order valence-corrected chi connectivity index (χ0v) is 11.0. The molecule has 0 aliphatic heterocycles. The lowest BCUT2D eigenvalue weighted by atomic mass is 10.2. The molecule has 1 unspecified atom stereocenters. The van der Waals surface area contributed by atoms with Crippen LogP contribution < -0.4 is 4.74 Å². The number of ether oxygens (including phenoxy) is 1. The highest BCUT2D eigenvalue weighted by molar-refractivity contribution is 5.20. The minimum atomic E-state index is -0.360. The average molecular weight is 263 g/mol. The molecule has 0 aliphatic rings. The number of aliphatic hydroxyl groups is 1. The molecule has 6 nitrogen and oxygen atoms in total. The number of hydrogen-bond donors (Lipinski definition) is 1. The maximum Gasteiger partial charge on any atom is 0.226 e. The Morgan fingerprint density at radius 3 is 2.89 bits per heavy atom. The third-order valence-electron chi connectivity index (χ3n) is 2.66. The normalized spacial score (nSPS) is 12.4. The lowest BCUT2D eigenvalue weighted by Gasteiger charge is -1.99. The summed E-state index contributed by atoms with van der Waals surface area (Å²) in [4.78, 5) is 8.39. The Hall–Kier alpha value is -1.95. The number of aliphatic hydroxyl groups excluding tert-OH is 1. The van der Waals surface area contributed by atoms with Gasteiger partial charge in [0.1, 0.15) is 0 Å². The van der Waals surface area contributed by atoms with Gasteiger partial charge in [-0.2, -0.15) is 4.98 Å². The number of aryl methyl sites for hydroxylation is 1. The van der Waals surface area contributed by atoms with Crippen molar-refractivity contribution in [3.05, 3.63) is 35.6 Å². The molecule has 1 atom stereocenters. The SMILES string of the molecule is COc1ccc(Cc2noc(CCC(C)O)n2)cn1. The third-order valence-corrected chi connectivity index (χ3v) is 2.66. The Morgan fingerprint density at radius 1 is 1.42 bits per heavy atom. The lowest BCUT2D eigenvalue weighted by molar-refractivity contribution is 0.180. The summed E-state index contributed by atoms with van der Waals surface area (Å²) < 4.78 is 10.1. The standard InChI is InChI=1S/C13H17N3O3/c1-9(17)3-5-13-15-11(16-19-13)7-10-4-6-12(18-2)14-8-10/h4,6,8-9,17H,3,5,7H2,1-2H3. The van der Waals surface area contributed by atoms with E-state index >= 15 is 0 Å². The van der Waals surface area contributed by atoms with Gasteiger partial charge in [-0.05, 0) is 18.9 Å². The summed E-state index contributed by atoms with van der Waals surface area (Å²) in [6, 6.07) is 3.71. The van der Waals surface area contributed by atoms with E-state index in [0.717, 1.165) is 5.56 Å². The van der Waals surface area contributed by atoms with E-state index in [1.54, 1.807) is 26.3 Å². The van der Waals surface area contributed by atoms with Gasteiger partial charge in [0.05, 0.1) is 13.2 Å². The van der Waals surface area contributed by atoms with Gasteiger partial charge in [0.15, 0.2) is 5.82 Å². The van der Waals surface area contributed by atoms with Crippen LogP contribution in [0.15, 0.2) is 22.9 Å². The van der Waals surface area contributed by atoms with Crippen molar-refractivity contribution in [1.82, 2.24) is 15.1 Å². The molecule has 0 aliphatic carbocycles. The summed E-state index contributed by atoms with van der Waals surface area (Å²) in [5.41, 5.74) is 0.990. The van der Waals surface area contributed by atoms with Crippen LogP contribution in [0.5, 0.6) is 5.88 Å². The predicted molar refractivity (Wildman–Crippen MR) is 67.9 cm³/mol. The van der Waals surface area contributed by atoms with E-state index in [9.17, 15) is 5.11 Å². The molecular weight excluding hydrogens is 246 g/mol. The molecule has 0 radical (unpaired) electrons. The molecule has 0 saturated carbocycles. The Bertz CT molecular complexity index is 508. The molecule has 0 fully saturated rings. The summed E-state index contributed by atoms with van der Waals surface area (Å²) in [6.45, 7) is 1.74. The van der Waals surface area contributed by atoms with Gasteiger partial charge in [0.2, 0.25) is 11.8 Å². The van der Waals surface area contributed by atoms with Crippen LogP contribution in [0, 0.1) is 0 Å². The minimum Gasteiger partial charge on any atom is -0.481 e. The second kappa shape index (κ2) is 6.29. The summed E-state index contributed by atoms with van der Waals surface area (Å²) in [6.07, 6.45) is 3.14. The lowest BCUT2D eigenvalue weighted by Crippen LogP contribution is -2.01. The van der Waals surface area contributed by atoms with Crippen LogP contribution in [0.1, 0.15) is 30.6 Å². The highest BCUT2D eigenvalue weighted by atomic mass is 16.5. The molecule has 0 saturated heterocycles. The van der Waals surface area contributed by atoms with Crippen LogP contribution in [0.25, 0.3) is 0 Å². The van der Waals surface area contributed by atoms with E-state index in [4.69, 9.17) is 9.26 Å². The average Bonchev–Trinajstić information content (AvgIpc) is 2.85. The summed E-state index contributed by atoms with van der Waals surface area (Å²) >= 11 is 0. The van der Waals surface area contributed by atoms with Gasteiger partial charge < -0.3 is 14.4 Å². The largest absolute Gasteiger partial charge is 0.481 e. The van der Waals surface area contributed by atoms with Gasteiger partial charge >= 0.3 is 0 Å². The van der Waals surface area contributed by atoms with Gasteiger partial charge in [0, 0.05) is 25.1 Å². The molecule has 0 aromatic carbocycles. The molecular formula is C13H17N3O3. The minimum absolute atomic E-state index is 0.360. The Kier molecular flexibility index (Phi) is 4.46. The van der Waals surface area contributed by atoms with Crippen molar-refractivity contribution in [2.24, 2.45) is 0 Å². The first-order valence-corrected chi connectivity index (χ1v) is 6.16. The van der Waals surface area contributed by atoms with Gasteiger partial charge in [-0.15, -0.1) is 0 Å². The van der Waals surface area contributed by atoms with Crippen molar-refractivity contribution in [2.45, 2.75) is 32.3 Å². The Balaban J connectivity index is 1.95. The van der Waals surface area contributed by atoms with Crippen molar-refractivity contribution in [2.75, 3.05) is 7.11 Å². The van der Waals surface area contributed by atoms with E-state index < -0.39 is 0 Å². The zero-order chi connectivity index (χ0) is 13.7. The van der Waals surface area contributed by atoms with Crippen LogP contribution in [-0.2, 0) is 12.8 Å². The molecule has 2 rings (SSSR count). The first kappa shape index (κ1) is 13.5. The van der Waals surface area contributed by atoms with E-state index in [1.807, 2.05) is 6.07 Å². The first-order valence-electron chi connectivity index (χ1n) is 6.16. The molecule has 19 heavy (non-hydrogen) atoms. The molecule has 0 spiro atoms.